The largest absolute Gasteiger partial charge is 0.496 e. The highest BCUT2D eigenvalue weighted by Crippen LogP contribution is 2.31. The van der Waals surface area contributed by atoms with Crippen molar-refractivity contribution < 1.29 is 9.53 Å². The van der Waals surface area contributed by atoms with Crippen LogP contribution in [0, 0.1) is 0 Å². The Hall–Kier alpha value is -2.61. The van der Waals surface area contributed by atoms with Crippen molar-refractivity contribution >= 4 is 39.5 Å². The lowest BCUT2D eigenvalue weighted by molar-refractivity contribution is -0.112. The molecule has 0 saturated heterocycles. The summed E-state index contributed by atoms with van der Waals surface area (Å²) in [5.74, 6) is 1.05. The first-order valence-electron chi connectivity index (χ1n) is 7.00. The smallest absolute Gasteiger partial charge is 0.160 e. The fourth-order valence-corrected chi connectivity index (χ4v) is 3.07. The van der Waals surface area contributed by atoms with Gasteiger partial charge in [0.1, 0.15) is 5.75 Å². The van der Waals surface area contributed by atoms with Crippen LogP contribution in [0.3, 0.4) is 0 Å². The van der Waals surface area contributed by atoms with E-state index in [4.69, 9.17) is 4.74 Å². The van der Waals surface area contributed by atoms with Crippen molar-refractivity contribution in [1.29, 1.82) is 0 Å². The van der Waals surface area contributed by atoms with Crippen molar-refractivity contribution in [2.75, 3.05) is 7.11 Å². The molecule has 0 saturated carbocycles. The van der Waals surface area contributed by atoms with E-state index in [2.05, 4.69) is 30.3 Å². The number of hydrogen-bond acceptors (Lipinski definition) is 2. The van der Waals surface area contributed by atoms with E-state index in [1.807, 2.05) is 18.2 Å². The molecule has 1 aliphatic rings. The van der Waals surface area contributed by atoms with Gasteiger partial charge in [-0.1, -0.05) is 30.3 Å². The molecule has 0 atom stereocenters. The first-order valence-corrected chi connectivity index (χ1v) is 7.00. The van der Waals surface area contributed by atoms with Gasteiger partial charge in [-0.2, -0.15) is 0 Å². The van der Waals surface area contributed by atoms with Crippen LogP contribution < -0.4 is 15.2 Å². The minimum Gasteiger partial charge on any atom is -0.496 e. The summed E-state index contributed by atoms with van der Waals surface area (Å²) in [6.45, 7) is 0. The Bertz CT molecular complexity index is 1010. The monoisotopic (exact) mass is 274 g/mol. The first kappa shape index (κ1) is 12.2. The Morgan fingerprint density at radius 1 is 1.00 bits per heavy atom. The molecule has 4 rings (SSSR count). The number of hydrogen-bond donors (Lipinski definition) is 0. The Balaban J connectivity index is 2.23. The molecule has 0 radical (unpaired) electrons. The molecule has 0 N–H and O–H groups in total. The number of benzene rings is 3. The van der Waals surface area contributed by atoms with Gasteiger partial charge in [-0.05, 0) is 50.9 Å². The van der Waals surface area contributed by atoms with E-state index in [-0.39, 0.29) is 5.78 Å². The lowest BCUT2D eigenvalue weighted by Gasteiger charge is -2.10. The van der Waals surface area contributed by atoms with Gasteiger partial charge in [0.05, 0.1) is 7.11 Å². The van der Waals surface area contributed by atoms with Crippen LogP contribution in [0.4, 0.5) is 0 Å². The number of carbonyl (C=O) groups is 1. The molecular formula is C19H14O2. The zero-order valence-electron chi connectivity index (χ0n) is 11.7. The molecule has 3 aromatic carbocycles. The quantitative estimate of drug-likeness (QED) is 0.637. The Morgan fingerprint density at radius 2 is 1.86 bits per heavy atom. The second kappa shape index (κ2) is 4.45. The predicted molar refractivity (Wildman–Crippen MR) is 85.8 cm³/mol. The maximum atomic E-state index is 11.6. The number of fused-ring (bicyclic) bond motifs is 4. The van der Waals surface area contributed by atoms with Crippen molar-refractivity contribution in [3.8, 4) is 5.75 Å². The number of ether oxygens (including phenoxy) is 1. The summed E-state index contributed by atoms with van der Waals surface area (Å²) in [7, 11) is 1.70. The van der Waals surface area contributed by atoms with Crippen molar-refractivity contribution in [3.63, 3.8) is 0 Å². The van der Waals surface area contributed by atoms with Crippen LogP contribution in [-0.4, -0.2) is 12.9 Å². The average Bonchev–Trinajstić information content (AvgIpc) is 2.52. The third-order valence-electron chi connectivity index (χ3n) is 4.08. The molecule has 0 spiro atoms. The lowest BCUT2D eigenvalue weighted by atomic mass is 9.97. The summed E-state index contributed by atoms with van der Waals surface area (Å²) in [4.78, 5) is 11.6. The number of carbonyl (C=O) groups excluding carboxylic acids is 1. The summed E-state index contributed by atoms with van der Waals surface area (Å²) in [5, 5.41) is 6.73. The van der Waals surface area contributed by atoms with Crippen LogP contribution >= 0.6 is 0 Å². The molecule has 3 aromatic rings. The average molecular weight is 274 g/mol. The highest BCUT2D eigenvalue weighted by Gasteiger charge is 2.08. The van der Waals surface area contributed by atoms with E-state index in [9.17, 15) is 4.79 Å². The Labute approximate surface area is 122 Å². The van der Waals surface area contributed by atoms with Crippen LogP contribution in [0.15, 0.2) is 42.5 Å². The lowest BCUT2D eigenvalue weighted by Crippen LogP contribution is -2.28. The number of rotatable bonds is 1. The van der Waals surface area contributed by atoms with Gasteiger partial charge in [-0.15, -0.1) is 0 Å². The summed E-state index contributed by atoms with van der Waals surface area (Å²) in [5.41, 5.74) is 0. The normalized spacial score (nSPS) is 13.7. The summed E-state index contributed by atoms with van der Waals surface area (Å²) in [6, 6.07) is 14.5. The molecule has 0 amide bonds. The summed E-state index contributed by atoms with van der Waals surface area (Å²) in [6.07, 6.45) is 4.23. The van der Waals surface area contributed by atoms with Gasteiger partial charge in [-0.3, -0.25) is 4.79 Å². The van der Waals surface area contributed by atoms with Gasteiger partial charge in [0.15, 0.2) is 5.78 Å². The van der Waals surface area contributed by atoms with Crippen LogP contribution in [0.25, 0.3) is 33.7 Å². The minimum atomic E-state index is 0.167. The molecule has 0 aromatic heterocycles. The SMILES string of the molecule is COc1cccc2ccc3cc4c(cc3c12)=CCC(=O)C=4. The standard InChI is InChI=1S/C19H14O2/c1-21-18-4-2-3-12-5-6-14-9-15-10-16(20)8-7-13(15)11-17(14)19(12)18/h2-7,9-11H,8H2,1H3. The van der Waals surface area contributed by atoms with Crippen LogP contribution in [0.5, 0.6) is 5.75 Å². The Morgan fingerprint density at radius 3 is 2.71 bits per heavy atom. The van der Waals surface area contributed by atoms with Crippen LogP contribution in [0.2, 0.25) is 0 Å². The van der Waals surface area contributed by atoms with E-state index < -0.39 is 0 Å². The predicted octanol–water partition coefficient (Wildman–Crippen LogP) is 2.54. The van der Waals surface area contributed by atoms with E-state index in [0.29, 0.717) is 6.42 Å². The van der Waals surface area contributed by atoms with Crippen molar-refractivity contribution in [2.24, 2.45) is 0 Å². The molecule has 0 heterocycles. The van der Waals surface area contributed by atoms with Gasteiger partial charge in [-0.25, -0.2) is 0 Å². The zero-order chi connectivity index (χ0) is 14.4. The zero-order valence-corrected chi connectivity index (χ0v) is 11.7. The molecule has 0 unspecified atom stereocenters. The molecule has 2 nitrogen and oxygen atoms in total. The molecule has 0 aliphatic heterocycles. The molecule has 2 heteroatoms. The fourth-order valence-electron chi connectivity index (χ4n) is 3.07. The second-order valence-electron chi connectivity index (χ2n) is 5.35. The number of methoxy groups -OCH3 is 1. The maximum Gasteiger partial charge on any atom is 0.160 e. The topological polar surface area (TPSA) is 26.3 Å². The molecule has 0 fully saturated rings. The van der Waals surface area contributed by atoms with E-state index in [0.717, 1.165) is 32.3 Å². The van der Waals surface area contributed by atoms with Crippen molar-refractivity contribution in [3.05, 3.63) is 52.9 Å². The van der Waals surface area contributed by atoms with Gasteiger partial charge in [0, 0.05) is 11.8 Å². The molecule has 102 valence electrons. The highest BCUT2D eigenvalue weighted by molar-refractivity contribution is 6.12. The fraction of sp³-hybridized carbons (Fsp3) is 0.105. The van der Waals surface area contributed by atoms with Gasteiger partial charge in [0.2, 0.25) is 0 Å². The van der Waals surface area contributed by atoms with Crippen LogP contribution in [0.1, 0.15) is 6.42 Å². The number of ketones is 1. The minimum absolute atomic E-state index is 0.167. The van der Waals surface area contributed by atoms with Crippen molar-refractivity contribution in [1.82, 2.24) is 0 Å². The van der Waals surface area contributed by atoms with Gasteiger partial charge < -0.3 is 4.74 Å². The second-order valence-corrected chi connectivity index (χ2v) is 5.35. The maximum absolute atomic E-state index is 11.6. The third-order valence-corrected chi connectivity index (χ3v) is 4.08. The first-order chi connectivity index (χ1) is 10.3. The summed E-state index contributed by atoms with van der Waals surface area (Å²) >= 11 is 0. The Kier molecular flexibility index (Phi) is 2.58. The van der Waals surface area contributed by atoms with E-state index in [1.54, 1.807) is 13.2 Å². The van der Waals surface area contributed by atoms with E-state index in [1.165, 1.54) is 5.39 Å². The van der Waals surface area contributed by atoms with E-state index >= 15 is 0 Å². The van der Waals surface area contributed by atoms with Gasteiger partial charge >= 0.3 is 0 Å². The summed E-state index contributed by atoms with van der Waals surface area (Å²) < 4.78 is 5.52. The van der Waals surface area contributed by atoms with Crippen molar-refractivity contribution in [2.45, 2.75) is 6.42 Å². The van der Waals surface area contributed by atoms with Crippen LogP contribution in [-0.2, 0) is 4.79 Å². The van der Waals surface area contributed by atoms with Gasteiger partial charge in [0.25, 0.3) is 0 Å². The third kappa shape index (κ3) is 1.83. The molecular weight excluding hydrogens is 260 g/mol. The molecule has 21 heavy (non-hydrogen) atoms. The number of Topliss-reactive ketones (excluding diaryl/α,β-unsaturated/α-hetero) is 1. The highest BCUT2D eigenvalue weighted by atomic mass is 16.5. The molecule has 1 aliphatic carbocycles. The molecule has 0 bridgehead atoms.